The quantitative estimate of drug-likeness (QED) is 0.629. The molecule has 1 fully saturated rings. The highest BCUT2D eigenvalue weighted by Crippen LogP contribution is 2.39. The van der Waals surface area contributed by atoms with Crippen molar-refractivity contribution in [3.05, 3.63) is 77.0 Å². The van der Waals surface area contributed by atoms with Gasteiger partial charge in [0.2, 0.25) is 5.91 Å². The molecule has 2 unspecified atom stereocenters. The van der Waals surface area contributed by atoms with Gasteiger partial charge >= 0.3 is 0 Å². The molecular weight excluding hydrogens is 410 g/mol. The molecule has 2 aliphatic rings. The van der Waals surface area contributed by atoms with Gasteiger partial charge in [-0.25, -0.2) is 4.98 Å². The fourth-order valence-corrected chi connectivity index (χ4v) is 5.16. The van der Waals surface area contributed by atoms with E-state index in [1.165, 1.54) is 5.57 Å². The number of allylic oxidation sites excluding steroid dienone is 1. The Bertz CT molecular complexity index is 1250. The highest BCUT2D eigenvalue weighted by Gasteiger charge is 2.32. The van der Waals surface area contributed by atoms with E-state index in [9.17, 15) is 9.59 Å². The monoisotopic (exact) mass is 439 g/mol. The normalized spacial score (nSPS) is 22.1. The van der Waals surface area contributed by atoms with E-state index in [2.05, 4.69) is 30.4 Å². The number of aromatic nitrogens is 1. The van der Waals surface area contributed by atoms with Crippen molar-refractivity contribution in [3.8, 4) is 0 Å². The second kappa shape index (κ2) is 8.81. The Morgan fingerprint density at radius 2 is 1.79 bits per heavy atom. The summed E-state index contributed by atoms with van der Waals surface area (Å²) < 4.78 is 0. The molecule has 0 bridgehead atoms. The molecule has 2 aromatic carbocycles. The number of nitrogens with zero attached hydrogens (tertiary/aromatic N) is 2. The van der Waals surface area contributed by atoms with Crippen LogP contribution in [0.25, 0.3) is 22.6 Å². The van der Waals surface area contributed by atoms with E-state index in [-0.39, 0.29) is 17.9 Å². The Kier molecular flexibility index (Phi) is 5.71. The van der Waals surface area contributed by atoms with Gasteiger partial charge in [-0.1, -0.05) is 55.5 Å². The molecule has 5 rings (SSSR count). The lowest BCUT2D eigenvalue weighted by atomic mass is 9.80. The first-order valence-electron chi connectivity index (χ1n) is 11.8. The van der Waals surface area contributed by atoms with Crippen LogP contribution in [0.2, 0.25) is 0 Å². The summed E-state index contributed by atoms with van der Waals surface area (Å²) in [6, 6.07) is 18.1. The van der Waals surface area contributed by atoms with Crippen molar-refractivity contribution in [2.45, 2.75) is 39.2 Å². The number of carbonyl (C=O) groups is 2. The second-order valence-corrected chi connectivity index (χ2v) is 9.33. The first-order valence-corrected chi connectivity index (χ1v) is 11.8. The number of benzene rings is 2. The highest BCUT2D eigenvalue weighted by atomic mass is 16.2. The molecule has 1 aliphatic carbocycles. The van der Waals surface area contributed by atoms with Crippen LogP contribution in [0.15, 0.2) is 54.6 Å². The number of para-hydroxylation sites is 1. The largest absolute Gasteiger partial charge is 0.354 e. The zero-order chi connectivity index (χ0) is 22.9. The molecule has 1 N–H and O–H groups in total. The summed E-state index contributed by atoms with van der Waals surface area (Å²) >= 11 is 0. The van der Waals surface area contributed by atoms with Crippen molar-refractivity contribution in [2.24, 2.45) is 5.92 Å². The van der Waals surface area contributed by atoms with E-state index in [1.807, 2.05) is 54.3 Å². The Hall–Kier alpha value is -3.47. The standard InChI is InChI=1S/C28H29N3O2/c1-18-14-21(17-20-8-4-3-5-9-20)27-23(15-18)26(22-10-6-7-11-24(22)30-27)28(33)31-13-12-29-25(32)16-19(31)2/h3-11,17-19H,12-16H2,1-2H3,(H,29,32)/b21-17-. The maximum Gasteiger partial charge on any atom is 0.255 e. The van der Waals surface area contributed by atoms with E-state index < -0.39 is 0 Å². The molecule has 2 amide bonds. The smallest absolute Gasteiger partial charge is 0.255 e. The van der Waals surface area contributed by atoms with E-state index in [4.69, 9.17) is 4.98 Å². The summed E-state index contributed by atoms with van der Waals surface area (Å²) in [5.74, 6) is 0.412. The van der Waals surface area contributed by atoms with Crippen molar-refractivity contribution < 1.29 is 9.59 Å². The summed E-state index contributed by atoms with van der Waals surface area (Å²) in [6.45, 7) is 5.19. The van der Waals surface area contributed by atoms with Gasteiger partial charge in [0, 0.05) is 30.9 Å². The van der Waals surface area contributed by atoms with Gasteiger partial charge < -0.3 is 10.2 Å². The Morgan fingerprint density at radius 3 is 2.61 bits per heavy atom. The molecule has 2 atom stereocenters. The third-order valence-corrected chi connectivity index (χ3v) is 6.72. The lowest BCUT2D eigenvalue weighted by molar-refractivity contribution is -0.121. The number of hydrogen-bond donors (Lipinski definition) is 1. The van der Waals surface area contributed by atoms with Crippen LogP contribution in [0.4, 0.5) is 0 Å². The van der Waals surface area contributed by atoms with Gasteiger partial charge in [-0.15, -0.1) is 0 Å². The van der Waals surface area contributed by atoms with Crippen LogP contribution in [0.5, 0.6) is 0 Å². The number of fused-ring (bicyclic) bond motifs is 2. The lowest BCUT2D eigenvalue weighted by Crippen LogP contribution is -2.40. The summed E-state index contributed by atoms with van der Waals surface area (Å²) in [7, 11) is 0. The Balaban J connectivity index is 1.69. The third-order valence-electron chi connectivity index (χ3n) is 6.72. The molecule has 1 aromatic heterocycles. The topological polar surface area (TPSA) is 62.3 Å². The molecule has 5 heteroatoms. The molecule has 5 nitrogen and oxygen atoms in total. The molecule has 1 saturated heterocycles. The van der Waals surface area contributed by atoms with Crippen LogP contribution in [0.1, 0.15) is 53.9 Å². The lowest BCUT2D eigenvalue weighted by Gasteiger charge is -2.31. The van der Waals surface area contributed by atoms with Crippen LogP contribution in [0, 0.1) is 5.92 Å². The van der Waals surface area contributed by atoms with Crippen molar-refractivity contribution in [2.75, 3.05) is 13.1 Å². The number of amides is 2. The maximum atomic E-state index is 14.1. The maximum absolute atomic E-state index is 14.1. The minimum Gasteiger partial charge on any atom is -0.354 e. The van der Waals surface area contributed by atoms with Crippen LogP contribution < -0.4 is 5.32 Å². The average Bonchev–Trinajstić information content (AvgIpc) is 2.97. The molecule has 2 heterocycles. The van der Waals surface area contributed by atoms with Gasteiger partial charge in [-0.3, -0.25) is 9.59 Å². The van der Waals surface area contributed by atoms with Gasteiger partial charge in [0.05, 0.1) is 16.8 Å². The van der Waals surface area contributed by atoms with Gasteiger partial charge in [0.25, 0.3) is 5.91 Å². The van der Waals surface area contributed by atoms with Gasteiger partial charge in [0.1, 0.15) is 0 Å². The molecule has 0 saturated carbocycles. The second-order valence-electron chi connectivity index (χ2n) is 9.33. The molecule has 1 aliphatic heterocycles. The van der Waals surface area contributed by atoms with Gasteiger partial charge in [0.15, 0.2) is 0 Å². The van der Waals surface area contributed by atoms with Gasteiger partial charge in [-0.2, -0.15) is 0 Å². The Morgan fingerprint density at radius 1 is 1.03 bits per heavy atom. The zero-order valence-electron chi connectivity index (χ0n) is 19.2. The van der Waals surface area contributed by atoms with Gasteiger partial charge in [-0.05, 0) is 54.5 Å². The van der Waals surface area contributed by atoms with E-state index >= 15 is 0 Å². The van der Waals surface area contributed by atoms with E-state index in [1.54, 1.807) is 0 Å². The van der Waals surface area contributed by atoms with E-state index in [0.29, 0.717) is 25.4 Å². The molecule has 0 radical (unpaired) electrons. The minimum absolute atomic E-state index is 0.00104. The number of nitrogens with one attached hydrogen (secondary N) is 1. The van der Waals surface area contributed by atoms with Crippen LogP contribution >= 0.6 is 0 Å². The van der Waals surface area contributed by atoms with Crippen molar-refractivity contribution >= 4 is 34.4 Å². The fraction of sp³-hybridized carbons (Fsp3) is 0.321. The first-order chi connectivity index (χ1) is 16.0. The summed E-state index contributed by atoms with van der Waals surface area (Å²) in [6.07, 6.45) is 4.29. The number of pyridine rings is 1. The minimum atomic E-state index is -0.150. The van der Waals surface area contributed by atoms with Crippen molar-refractivity contribution in [3.63, 3.8) is 0 Å². The average molecular weight is 440 g/mol. The highest BCUT2D eigenvalue weighted by molar-refractivity contribution is 6.09. The SMILES string of the molecule is CC1C/C(=C/c2ccccc2)c2nc3ccccc3c(C(=O)N3CCNC(=O)CC3C)c2C1. The van der Waals surface area contributed by atoms with Crippen molar-refractivity contribution in [1.82, 2.24) is 15.2 Å². The Labute approximate surface area is 194 Å². The summed E-state index contributed by atoms with van der Waals surface area (Å²) in [5.41, 5.74) is 5.88. The molecule has 0 spiro atoms. The predicted molar refractivity (Wildman–Crippen MR) is 132 cm³/mol. The zero-order valence-corrected chi connectivity index (χ0v) is 19.2. The van der Waals surface area contributed by atoms with Crippen LogP contribution in [-0.2, 0) is 11.2 Å². The van der Waals surface area contributed by atoms with E-state index in [0.717, 1.165) is 46.1 Å². The first kappa shape index (κ1) is 21.4. The van der Waals surface area contributed by atoms with Crippen molar-refractivity contribution in [1.29, 1.82) is 0 Å². The number of hydrogen-bond acceptors (Lipinski definition) is 3. The van der Waals surface area contributed by atoms with Crippen LogP contribution in [0.3, 0.4) is 0 Å². The third kappa shape index (κ3) is 4.15. The van der Waals surface area contributed by atoms with Crippen LogP contribution in [-0.4, -0.2) is 40.8 Å². The summed E-state index contributed by atoms with van der Waals surface area (Å²) in [5, 5.41) is 3.79. The molecule has 3 aromatic rings. The molecular formula is C28H29N3O2. The number of carbonyl (C=O) groups excluding carboxylic acids is 2. The summed E-state index contributed by atoms with van der Waals surface area (Å²) in [4.78, 5) is 33.0. The molecule has 33 heavy (non-hydrogen) atoms. The predicted octanol–water partition coefficient (Wildman–Crippen LogP) is 4.71. The number of rotatable bonds is 2. The fourth-order valence-electron chi connectivity index (χ4n) is 5.16. The molecule has 168 valence electrons.